The lowest BCUT2D eigenvalue weighted by atomic mass is 10.1. The zero-order valence-electron chi connectivity index (χ0n) is 9.06. The molecule has 5 nitrogen and oxygen atoms in total. The Hall–Kier alpha value is -1.17. The first-order valence-electron chi connectivity index (χ1n) is 5.42. The quantitative estimate of drug-likeness (QED) is 0.607. The van der Waals surface area contributed by atoms with Gasteiger partial charge in [-0.1, -0.05) is 0 Å². The smallest absolute Gasteiger partial charge is 0.326 e. The maximum absolute atomic E-state index is 12.8. The van der Waals surface area contributed by atoms with Gasteiger partial charge in [0.25, 0.3) is 0 Å². The van der Waals surface area contributed by atoms with Crippen LogP contribution in [0.3, 0.4) is 0 Å². The van der Waals surface area contributed by atoms with Gasteiger partial charge in [0.15, 0.2) is 0 Å². The Balaban J connectivity index is 2.17. The van der Waals surface area contributed by atoms with Crippen molar-refractivity contribution in [3.05, 3.63) is 0 Å². The largest absolute Gasteiger partial charge is 0.480 e. The van der Waals surface area contributed by atoms with E-state index < -0.39 is 18.2 Å². The molecule has 2 atom stereocenters. The molecule has 16 heavy (non-hydrogen) atoms. The van der Waals surface area contributed by atoms with Crippen LogP contribution >= 0.6 is 0 Å². The van der Waals surface area contributed by atoms with Crippen molar-refractivity contribution in [2.45, 2.75) is 31.5 Å². The molecule has 1 fully saturated rings. The molecule has 0 aromatic rings. The van der Waals surface area contributed by atoms with Crippen LogP contribution in [0, 0.1) is 0 Å². The highest BCUT2D eigenvalue weighted by Gasteiger charge is 2.22. The maximum Gasteiger partial charge on any atom is 0.326 e. The predicted octanol–water partition coefficient (Wildman–Crippen LogP) is 0.00960. The van der Waals surface area contributed by atoms with Gasteiger partial charge in [0.05, 0.1) is 0 Å². The highest BCUT2D eigenvalue weighted by atomic mass is 19.1. The van der Waals surface area contributed by atoms with Crippen LogP contribution in [0.2, 0.25) is 0 Å². The Bertz CT molecular complexity index is 250. The Morgan fingerprint density at radius 2 is 2.44 bits per heavy atom. The van der Waals surface area contributed by atoms with Crippen molar-refractivity contribution in [3.63, 3.8) is 0 Å². The fourth-order valence-corrected chi connectivity index (χ4v) is 1.87. The maximum atomic E-state index is 12.8. The number of carboxylic acid groups (broad SMARTS) is 1. The van der Waals surface area contributed by atoms with E-state index in [1.807, 2.05) is 4.90 Å². The molecule has 1 rings (SSSR count). The lowest BCUT2D eigenvalue weighted by molar-refractivity contribution is -0.140. The van der Waals surface area contributed by atoms with E-state index in [2.05, 4.69) is 5.32 Å². The molecule has 0 aromatic carbocycles. The van der Waals surface area contributed by atoms with Crippen molar-refractivity contribution in [3.8, 4) is 0 Å². The third-order valence-corrected chi connectivity index (χ3v) is 2.75. The van der Waals surface area contributed by atoms with Crippen molar-refractivity contribution in [2.75, 3.05) is 19.6 Å². The van der Waals surface area contributed by atoms with Crippen molar-refractivity contribution in [2.24, 2.45) is 0 Å². The first-order valence-corrected chi connectivity index (χ1v) is 5.42. The number of carbonyl (C=O) groups is 2. The number of hydrogen-bond acceptors (Lipinski definition) is 3. The van der Waals surface area contributed by atoms with Crippen LogP contribution in [0.1, 0.15) is 19.3 Å². The second-order valence-corrected chi connectivity index (χ2v) is 4.00. The average molecular weight is 232 g/mol. The Morgan fingerprint density at radius 1 is 1.69 bits per heavy atom. The third kappa shape index (κ3) is 4.14. The van der Waals surface area contributed by atoms with Crippen LogP contribution in [0.4, 0.5) is 4.39 Å². The summed E-state index contributed by atoms with van der Waals surface area (Å²) in [6, 6.07) is -0.832. The minimum atomic E-state index is -1.03. The van der Waals surface area contributed by atoms with Gasteiger partial charge >= 0.3 is 5.97 Å². The zero-order valence-corrected chi connectivity index (χ0v) is 9.06. The molecule has 0 bridgehead atoms. The second-order valence-electron chi connectivity index (χ2n) is 4.00. The number of carboxylic acids is 1. The Labute approximate surface area is 93.6 Å². The third-order valence-electron chi connectivity index (χ3n) is 2.75. The van der Waals surface area contributed by atoms with Crippen LogP contribution in [0.25, 0.3) is 0 Å². The minimum absolute atomic E-state index is 0.377. The molecule has 0 aliphatic carbocycles. The molecule has 0 aromatic heterocycles. The molecule has 0 saturated carbocycles. The number of nitrogens with zero attached hydrogens (tertiary/aromatic N) is 1. The Kier molecular flexibility index (Phi) is 5.18. The van der Waals surface area contributed by atoms with Gasteiger partial charge in [-0.25, -0.2) is 9.18 Å². The summed E-state index contributed by atoms with van der Waals surface area (Å²) in [7, 11) is 0. The van der Waals surface area contributed by atoms with Gasteiger partial charge in [0, 0.05) is 13.1 Å². The van der Waals surface area contributed by atoms with E-state index in [4.69, 9.17) is 5.11 Å². The molecule has 1 saturated heterocycles. The van der Waals surface area contributed by atoms with E-state index in [1.54, 1.807) is 0 Å². The van der Waals surface area contributed by atoms with Gasteiger partial charge in [-0.3, -0.25) is 4.79 Å². The van der Waals surface area contributed by atoms with Gasteiger partial charge in [-0.15, -0.1) is 0 Å². The number of halogens is 1. The minimum Gasteiger partial charge on any atom is -0.480 e. The molecule has 0 spiro atoms. The number of likely N-dealkylation sites (tertiary alicyclic amines) is 1. The summed E-state index contributed by atoms with van der Waals surface area (Å²) in [4.78, 5) is 22.8. The predicted molar refractivity (Wildman–Crippen MR) is 55.8 cm³/mol. The average Bonchev–Trinajstić information content (AvgIpc) is 2.63. The summed E-state index contributed by atoms with van der Waals surface area (Å²) in [6.07, 6.45) is 1.23. The van der Waals surface area contributed by atoms with Gasteiger partial charge < -0.3 is 15.3 Å². The van der Waals surface area contributed by atoms with Crippen molar-refractivity contribution in [1.29, 1.82) is 0 Å². The van der Waals surface area contributed by atoms with E-state index in [0.29, 0.717) is 38.8 Å². The van der Waals surface area contributed by atoms with E-state index in [1.165, 1.54) is 0 Å². The fraction of sp³-hybridized carbons (Fsp3) is 0.800. The molecule has 1 aliphatic heterocycles. The standard InChI is InChI=1S/C10H17FN2O3/c11-8-3-5-13(6-8)4-1-2-9(10(15)16)12-7-14/h7-9H,1-6H2,(H,12,14)(H,15,16)/t8-,9?/m1/s1. The number of nitrogens with one attached hydrogen (secondary N) is 1. The zero-order chi connectivity index (χ0) is 12.0. The highest BCUT2D eigenvalue weighted by molar-refractivity contribution is 5.76. The van der Waals surface area contributed by atoms with Crippen molar-refractivity contribution in [1.82, 2.24) is 10.2 Å². The van der Waals surface area contributed by atoms with Crippen LogP contribution < -0.4 is 5.32 Å². The van der Waals surface area contributed by atoms with Crippen LogP contribution in [-0.2, 0) is 9.59 Å². The molecule has 1 aliphatic rings. The number of hydrogen-bond donors (Lipinski definition) is 2. The topological polar surface area (TPSA) is 69.6 Å². The molecule has 0 radical (unpaired) electrons. The molecule has 2 N–H and O–H groups in total. The highest BCUT2D eigenvalue weighted by Crippen LogP contribution is 2.13. The SMILES string of the molecule is O=CNC(CCCN1CC[C@@H](F)C1)C(=O)O. The van der Waals surface area contributed by atoms with Gasteiger partial charge in [0.2, 0.25) is 6.41 Å². The number of alkyl halides is 1. The summed E-state index contributed by atoms with van der Waals surface area (Å²) >= 11 is 0. The molecular formula is C10H17FN2O3. The first kappa shape index (κ1) is 12.9. The van der Waals surface area contributed by atoms with E-state index in [9.17, 15) is 14.0 Å². The van der Waals surface area contributed by atoms with Gasteiger partial charge in [-0.2, -0.15) is 0 Å². The van der Waals surface area contributed by atoms with E-state index in [0.717, 1.165) is 6.54 Å². The first-order chi connectivity index (χ1) is 7.63. The van der Waals surface area contributed by atoms with Crippen LogP contribution in [0.15, 0.2) is 0 Å². The molecular weight excluding hydrogens is 215 g/mol. The molecule has 1 unspecified atom stereocenters. The number of amides is 1. The molecule has 92 valence electrons. The molecule has 1 amide bonds. The Morgan fingerprint density at radius 3 is 2.94 bits per heavy atom. The summed E-state index contributed by atoms with van der Waals surface area (Å²) < 4.78 is 12.8. The van der Waals surface area contributed by atoms with Gasteiger partial charge in [0.1, 0.15) is 12.2 Å². The molecule has 6 heteroatoms. The molecule has 1 heterocycles. The van der Waals surface area contributed by atoms with Crippen LogP contribution in [0.5, 0.6) is 0 Å². The van der Waals surface area contributed by atoms with Gasteiger partial charge in [-0.05, 0) is 25.8 Å². The second kappa shape index (κ2) is 6.42. The van der Waals surface area contributed by atoms with Crippen LogP contribution in [-0.4, -0.2) is 54.2 Å². The summed E-state index contributed by atoms with van der Waals surface area (Å²) in [5.41, 5.74) is 0. The van der Waals surface area contributed by atoms with E-state index in [-0.39, 0.29) is 0 Å². The summed E-state index contributed by atoms with van der Waals surface area (Å²) in [6.45, 7) is 1.86. The van der Waals surface area contributed by atoms with Crippen molar-refractivity contribution < 1.29 is 19.1 Å². The normalized spacial score (nSPS) is 22.9. The number of aliphatic carboxylic acids is 1. The fourth-order valence-electron chi connectivity index (χ4n) is 1.87. The monoisotopic (exact) mass is 232 g/mol. The number of rotatable bonds is 7. The van der Waals surface area contributed by atoms with Crippen molar-refractivity contribution >= 4 is 12.4 Å². The number of carbonyl (C=O) groups excluding carboxylic acids is 1. The van der Waals surface area contributed by atoms with E-state index >= 15 is 0 Å². The lowest BCUT2D eigenvalue weighted by Gasteiger charge is -2.16. The lowest BCUT2D eigenvalue weighted by Crippen LogP contribution is -2.36. The summed E-state index contributed by atoms with van der Waals surface area (Å²) in [5, 5.41) is 11.0. The summed E-state index contributed by atoms with van der Waals surface area (Å²) in [5.74, 6) is -1.03.